The molecule has 0 bridgehead atoms. The molecule has 2 aromatic rings. The molecule has 1 aliphatic carbocycles. The van der Waals surface area contributed by atoms with E-state index in [1.165, 1.54) is 24.1 Å². The van der Waals surface area contributed by atoms with Crippen LogP contribution in [0.3, 0.4) is 0 Å². The lowest BCUT2D eigenvalue weighted by Crippen LogP contribution is -2.30. The molecule has 0 amide bonds. The van der Waals surface area contributed by atoms with Crippen LogP contribution < -0.4 is 4.90 Å². The summed E-state index contributed by atoms with van der Waals surface area (Å²) in [5.41, 5.74) is 3.97. The Kier molecular flexibility index (Phi) is 3.28. The van der Waals surface area contributed by atoms with Crippen LogP contribution in [0.2, 0.25) is 0 Å². The molecule has 100 valence electrons. The number of benzene rings is 1. The molecular formula is C16H21N3. The lowest BCUT2D eigenvalue weighted by molar-refractivity contribution is 0.675. The number of hydrogen-bond acceptors (Lipinski definition) is 2. The lowest BCUT2D eigenvalue weighted by Gasteiger charge is -2.29. The Bertz CT molecular complexity index is 527. The van der Waals surface area contributed by atoms with Gasteiger partial charge in [-0.3, -0.25) is 0 Å². The molecule has 0 aliphatic heterocycles. The third-order valence-electron chi connectivity index (χ3n) is 3.77. The van der Waals surface area contributed by atoms with Crippen molar-refractivity contribution < 1.29 is 0 Å². The lowest BCUT2D eigenvalue weighted by atomic mass is 10.1. The average Bonchev–Trinajstić information content (AvgIpc) is 3.14. The highest BCUT2D eigenvalue weighted by molar-refractivity contribution is 5.50. The first kappa shape index (κ1) is 12.3. The summed E-state index contributed by atoms with van der Waals surface area (Å²) in [6, 6.07) is 9.48. The third-order valence-corrected chi connectivity index (χ3v) is 3.77. The number of H-pyrrole nitrogens is 1. The maximum absolute atomic E-state index is 4.10. The van der Waals surface area contributed by atoms with Crippen molar-refractivity contribution in [3.63, 3.8) is 0 Å². The zero-order chi connectivity index (χ0) is 13.2. The van der Waals surface area contributed by atoms with Crippen molar-refractivity contribution in [3.05, 3.63) is 48.0 Å². The second-order valence-corrected chi connectivity index (χ2v) is 5.67. The van der Waals surface area contributed by atoms with Crippen molar-refractivity contribution >= 4 is 5.69 Å². The predicted molar refractivity (Wildman–Crippen MR) is 78.3 cm³/mol. The Hall–Kier alpha value is -1.77. The SMILES string of the molecule is CC(C)N(Cc1cnc[nH]1)c1cccc(C2CC2)c1. The third kappa shape index (κ3) is 2.80. The van der Waals surface area contributed by atoms with Crippen molar-refractivity contribution in [3.8, 4) is 0 Å². The molecular weight excluding hydrogens is 234 g/mol. The molecule has 0 unspecified atom stereocenters. The van der Waals surface area contributed by atoms with Crippen LogP contribution in [0.1, 0.15) is 43.9 Å². The Morgan fingerprint density at radius 2 is 2.21 bits per heavy atom. The average molecular weight is 255 g/mol. The summed E-state index contributed by atoms with van der Waals surface area (Å²) in [7, 11) is 0. The Morgan fingerprint density at radius 1 is 1.37 bits per heavy atom. The van der Waals surface area contributed by atoms with Crippen LogP contribution in [-0.2, 0) is 6.54 Å². The van der Waals surface area contributed by atoms with Gasteiger partial charge in [0.2, 0.25) is 0 Å². The fourth-order valence-corrected chi connectivity index (χ4v) is 2.50. The van der Waals surface area contributed by atoms with Gasteiger partial charge in [0.05, 0.1) is 18.6 Å². The summed E-state index contributed by atoms with van der Waals surface area (Å²) in [6.07, 6.45) is 6.35. The summed E-state index contributed by atoms with van der Waals surface area (Å²) in [5.74, 6) is 0.807. The molecule has 1 aliphatic rings. The first-order valence-electron chi connectivity index (χ1n) is 7.08. The van der Waals surface area contributed by atoms with Crippen molar-refractivity contribution in [2.45, 2.75) is 45.2 Å². The van der Waals surface area contributed by atoms with E-state index in [1.807, 2.05) is 6.20 Å². The van der Waals surface area contributed by atoms with Crippen LogP contribution in [0.25, 0.3) is 0 Å². The van der Waals surface area contributed by atoms with Crippen molar-refractivity contribution in [1.82, 2.24) is 9.97 Å². The Labute approximate surface area is 114 Å². The molecule has 0 spiro atoms. The van der Waals surface area contributed by atoms with Crippen LogP contribution in [-0.4, -0.2) is 16.0 Å². The zero-order valence-corrected chi connectivity index (χ0v) is 11.6. The predicted octanol–water partition coefficient (Wildman–Crippen LogP) is 3.70. The number of nitrogens with zero attached hydrogens (tertiary/aromatic N) is 2. The summed E-state index contributed by atoms with van der Waals surface area (Å²) in [5, 5.41) is 0. The minimum atomic E-state index is 0.470. The zero-order valence-electron chi connectivity index (χ0n) is 11.6. The number of hydrogen-bond donors (Lipinski definition) is 1. The Morgan fingerprint density at radius 3 is 2.84 bits per heavy atom. The Balaban J connectivity index is 1.84. The molecule has 3 nitrogen and oxygen atoms in total. The highest BCUT2D eigenvalue weighted by atomic mass is 15.2. The van der Waals surface area contributed by atoms with Crippen LogP contribution >= 0.6 is 0 Å². The molecule has 0 atom stereocenters. The smallest absolute Gasteiger partial charge is 0.0922 e. The van der Waals surface area contributed by atoms with Gasteiger partial charge >= 0.3 is 0 Å². The van der Waals surface area contributed by atoms with Crippen LogP contribution in [0.5, 0.6) is 0 Å². The summed E-state index contributed by atoms with van der Waals surface area (Å²) in [6.45, 7) is 5.35. The van der Waals surface area contributed by atoms with Crippen LogP contribution in [0.4, 0.5) is 5.69 Å². The standard InChI is InChI=1S/C16H21N3/c1-12(2)19(10-15-9-17-11-18-15)16-5-3-4-14(8-16)13-6-7-13/h3-5,8-9,11-13H,6-7,10H2,1-2H3,(H,17,18). The summed E-state index contributed by atoms with van der Waals surface area (Å²) < 4.78 is 0. The topological polar surface area (TPSA) is 31.9 Å². The molecule has 1 aromatic heterocycles. The van der Waals surface area contributed by atoms with E-state index in [1.54, 1.807) is 6.33 Å². The first-order valence-corrected chi connectivity index (χ1v) is 7.08. The molecule has 0 saturated heterocycles. The number of aromatic amines is 1. The summed E-state index contributed by atoms with van der Waals surface area (Å²) >= 11 is 0. The minimum Gasteiger partial charge on any atom is -0.363 e. The quantitative estimate of drug-likeness (QED) is 0.883. The van der Waals surface area contributed by atoms with Gasteiger partial charge in [0.25, 0.3) is 0 Å². The molecule has 1 aromatic carbocycles. The second kappa shape index (κ2) is 5.08. The van der Waals surface area contributed by atoms with Gasteiger partial charge in [-0.05, 0) is 50.3 Å². The van der Waals surface area contributed by atoms with E-state index in [-0.39, 0.29) is 0 Å². The van der Waals surface area contributed by atoms with E-state index in [4.69, 9.17) is 0 Å². The molecule has 19 heavy (non-hydrogen) atoms. The van der Waals surface area contributed by atoms with E-state index in [9.17, 15) is 0 Å². The van der Waals surface area contributed by atoms with Gasteiger partial charge in [-0.15, -0.1) is 0 Å². The number of imidazole rings is 1. The molecule has 3 heteroatoms. The minimum absolute atomic E-state index is 0.470. The molecule has 1 fully saturated rings. The van der Waals surface area contributed by atoms with Gasteiger partial charge in [-0.1, -0.05) is 12.1 Å². The monoisotopic (exact) mass is 255 g/mol. The molecule has 1 heterocycles. The second-order valence-electron chi connectivity index (χ2n) is 5.67. The largest absolute Gasteiger partial charge is 0.363 e. The molecule has 1 N–H and O–H groups in total. The number of rotatable bonds is 5. The normalized spacial score (nSPS) is 14.9. The highest BCUT2D eigenvalue weighted by Crippen LogP contribution is 2.41. The number of anilines is 1. The van der Waals surface area contributed by atoms with Gasteiger partial charge < -0.3 is 9.88 Å². The molecule has 0 radical (unpaired) electrons. The van der Waals surface area contributed by atoms with Crippen molar-refractivity contribution in [1.29, 1.82) is 0 Å². The van der Waals surface area contributed by atoms with E-state index in [0.717, 1.165) is 18.2 Å². The van der Waals surface area contributed by atoms with Gasteiger partial charge in [0.15, 0.2) is 0 Å². The molecule has 3 rings (SSSR count). The number of aromatic nitrogens is 2. The van der Waals surface area contributed by atoms with Gasteiger partial charge in [-0.25, -0.2) is 4.98 Å². The van der Waals surface area contributed by atoms with E-state index in [0.29, 0.717) is 6.04 Å². The fraction of sp³-hybridized carbons (Fsp3) is 0.438. The van der Waals surface area contributed by atoms with Crippen molar-refractivity contribution in [2.75, 3.05) is 4.90 Å². The van der Waals surface area contributed by atoms with Crippen LogP contribution in [0, 0.1) is 0 Å². The van der Waals surface area contributed by atoms with Gasteiger partial charge in [0, 0.05) is 17.9 Å². The van der Waals surface area contributed by atoms with Crippen molar-refractivity contribution in [2.24, 2.45) is 0 Å². The fourth-order valence-electron chi connectivity index (χ4n) is 2.50. The molecule has 1 saturated carbocycles. The highest BCUT2D eigenvalue weighted by Gasteiger charge is 2.24. The summed E-state index contributed by atoms with van der Waals surface area (Å²) in [4.78, 5) is 9.71. The number of nitrogens with one attached hydrogen (secondary N) is 1. The maximum atomic E-state index is 4.10. The van der Waals surface area contributed by atoms with Gasteiger partial charge in [0.1, 0.15) is 0 Å². The van der Waals surface area contributed by atoms with E-state index < -0.39 is 0 Å². The van der Waals surface area contributed by atoms with E-state index in [2.05, 4.69) is 53.0 Å². The van der Waals surface area contributed by atoms with Gasteiger partial charge in [-0.2, -0.15) is 0 Å². The van der Waals surface area contributed by atoms with Crippen LogP contribution in [0.15, 0.2) is 36.8 Å². The maximum Gasteiger partial charge on any atom is 0.0922 e. The first-order chi connectivity index (χ1) is 9.24. The van der Waals surface area contributed by atoms with E-state index >= 15 is 0 Å².